The van der Waals surface area contributed by atoms with Crippen LogP contribution in [0, 0.1) is 5.82 Å². The highest BCUT2D eigenvalue weighted by molar-refractivity contribution is 5.78. The summed E-state index contributed by atoms with van der Waals surface area (Å²) in [6, 6.07) is 5.95. The minimum atomic E-state index is -1.37. The van der Waals surface area contributed by atoms with Crippen LogP contribution in [0.5, 0.6) is 0 Å². The van der Waals surface area contributed by atoms with E-state index in [2.05, 4.69) is 0 Å². The summed E-state index contributed by atoms with van der Waals surface area (Å²) in [4.78, 5) is 0. The van der Waals surface area contributed by atoms with E-state index in [1.165, 1.54) is 12.1 Å². The molecule has 2 nitrogen and oxygen atoms in total. The van der Waals surface area contributed by atoms with Crippen LogP contribution in [0.1, 0.15) is 11.9 Å². The lowest BCUT2D eigenvalue weighted by atomic mass is 10.2. The number of halogens is 2. The Kier molecular flexibility index (Phi) is 2.21. The van der Waals surface area contributed by atoms with E-state index in [-0.39, 0.29) is 17.9 Å². The zero-order valence-corrected chi connectivity index (χ0v) is 7.34. The topological polar surface area (TPSA) is 39.2 Å². The molecular formula is C10H9F2NO. The van der Waals surface area contributed by atoms with E-state index >= 15 is 0 Å². The fraction of sp³-hybridized carbons (Fsp3) is 0.200. The third-order valence-corrected chi connectivity index (χ3v) is 2.03. The molecule has 1 atom stereocenters. The van der Waals surface area contributed by atoms with Crippen molar-refractivity contribution in [2.24, 2.45) is 5.73 Å². The van der Waals surface area contributed by atoms with Gasteiger partial charge in [0.2, 0.25) is 0 Å². The van der Waals surface area contributed by atoms with Gasteiger partial charge in [-0.1, -0.05) is 12.1 Å². The average molecular weight is 197 g/mol. The minimum absolute atomic E-state index is 0.0765. The van der Waals surface area contributed by atoms with Crippen LogP contribution < -0.4 is 5.73 Å². The molecule has 1 aromatic heterocycles. The van der Waals surface area contributed by atoms with Gasteiger partial charge in [-0.15, -0.1) is 0 Å². The normalized spacial score (nSPS) is 13.4. The molecule has 14 heavy (non-hydrogen) atoms. The van der Waals surface area contributed by atoms with E-state index in [1.54, 1.807) is 12.1 Å². The molecule has 0 amide bonds. The number of para-hydroxylation sites is 1. The van der Waals surface area contributed by atoms with Crippen LogP contribution >= 0.6 is 0 Å². The Morgan fingerprint density at radius 3 is 2.86 bits per heavy atom. The molecule has 74 valence electrons. The standard InChI is InChI=1S/C10H9F2NO/c11-7-3-1-2-6-4-9(8(12)5-13)14-10(6)7/h1-4,8H,5,13H2. The van der Waals surface area contributed by atoms with E-state index in [0.29, 0.717) is 5.39 Å². The summed E-state index contributed by atoms with van der Waals surface area (Å²) in [5.74, 6) is -0.412. The van der Waals surface area contributed by atoms with Gasteiger partial charge in [-0.05, 0) is 12.1 Å². The third-order valence-electron chi connectivity index (χ3n) is 2.03. The van der Waals surface area contributed by atoms with Crippen LogP contribution in [0.15, 0.2) is 28.7 Å². The van der Waals surface area contributed by atoms with Crippen LogP contribution in [-0.2, 0) is 0 Å². The Morgan fingerprint density at radius 2 is 2.21 bits per heavy atom. The van der Waals surface area contributed by atoms with Gasteiger partial charge < -0.3 is 10.2 Å². The van der Waals surface area contributed by atoms with E-state index < -0.39 is 12.0 Å². The van der Waals surface area contributed by atoms with Crippen LogP contribution in [0.4, 0.5) is 8.78 Å². The van der Waals surface area contributed by atoms with Crippen molar-refractivity contribution in [1.82, 2.24) is 0 Å². The minimum Gasteiger partial charge on any atom is -0.455 e. The molecule has 0 saturated carbocycles. The number of hydrogen-bond donors (Lipinski definition) is 1. The Hall–Kier alpha value is -1.42. The monoisotopic (exact) mass is 197 g/mol. The molecule has 0 saturated heterocycles. The van der Waals surface area contributed by atoms with Crippen LogP contribution in [0.2, 0.25) is 0 Å². The fourth-order valence-corrected chi connectivity index (χ4v) is 1.32. The Balaban J connectivity index is 2.56. The molecule has 2 N–H and O–H groups in total. The number of fused-ring (bicyclic) bond motifs is 1. The SMILES string of the molecule is NCC(F)c1cc2cccc(F)c2o1. The predicted octanol–water partition coefficient (Wildman–Crippen LogP) is 2.54. The van der Waals surface area contributed by atoms with Crippen molar-refractivity contribution in [3.63, 3.8) is 0 Å². The summed E-state index contributed by atoms with van der Waals surface area (Å²) >= 11 is 0. The first-order valence-corrected chi connectivity index (χ1v) is 4.24. The molecule has 0 aliphatic heterocycles. The summed E-state index contributed by atoms with van der Waals surface area (Å²) in [5.41, 5.74) is 5.22. The van der Waals surface area contributed by atoms with Gasteiger partial charge in [0.1, 0.15) is 5.76 Å². The highest BCUT2D eigenvalue weighted by Crippen LogP contribution is 2.26. The van der Waals surface area contributed by atoms with Gasteiger partial charge in [0.25, 0.3) is 0 Å². The first-order chi connectivity index (χ1) is 6.72. The van der Waals surface area contributed by atoms with Crippen molar-refractivity contribution in [2.45, 2.75) is 6.17 Å². The molecule has 4 heteroatoms. The van der Waals surface area contributed by atoms with Crippen molar-refractivity contribution in [3.8, 4) is 0 Å². The molecule has 0 aliphatic rings. The molecule has 1 unspecified atom stereocenters. The summed E-state index contributed by atoms with van der Waals surface area (Å²) in [5, 5.41) is 0.552. The lowest BCUT2D eigenvalue weighted by Crippen LogP contribution is -2.06. The van der Waals surface area contributed by atoms with Gasteiger partial charge >= 0.3 is 0 Å². The van der Waals surface area contributed by atoms with Crippen LogP contribution in [-0.4, -0.2) is 6.54 Å². The smallest absolute Gasteiger partial charge is 0.170 e. The van der Waals surface area contributed by atoms with Gasteiger partial charge in [-0.2, -0.15) is 0 Å². The number of benzene rings is 1. The summed E-state index contributed by atoms with van der Waals surface area (Å²) in [6.45, 7) is -0.165. The van der Waals surface area contributed by atoms with E-state index in [4.69, 9.17) is 10.2 Å². The molecule has 1 heterocycles. The maximum absolute atomic E-state index is 13.1. The second-order valence-electron chi connectivity index (χ2n) is 3.01. The fourth-order valence-electron chi connectivity index (χ4n) is 1.32. The van der Waals surface area contributed by atoms with Gasteiger partial charge in [0.15, 0.2) is 17.6 Å². The first-order valence-electron chi connectivity index (χ1n) is 4.24. The lowest BCUT2D eigenvalue weighted by Gasteiger charge is -1.97. The highest BCUT2D eigenvalue weighted by Gasteiger charge is 2.14. The molecule has 2 aromatic rings. The van der Waals surface area contributed by atoms with Crippen molar-refractivity contribution < 1.29 is 13.2 Å². The first kappa shape index (κ1) is 9.15. The van der Waals surface area contributed by atoms with Crippen LogP contribution in [0.3, 0.4) is 0 Å². The largest absolute Gasteiger partial charge is 0.455 e. The maximum Gasteiger partial charge on any atom is 0.170 e. The van der Waals surface area contributed by atoms with E-state index in [9.17, 15) is 8.78 Å². The van der Waals surface area contributed by atoms with Crippen molar-refractivity contribution in [1.29, 1.82) is 0 Å². The average Bonchev–Trinajstić information content (AvgIpc) is 2.62. The molecule has 0 spiro atoms. The molecule has 1 aromatic carbocycles. The molecule has 0 bridgehead atoms. The molecule has 0 aliphatic carbocycles. The Labute approximate surface area is 79.3 Å². The summed E-state index contributed by atoms with van der Waals surface area (Å²) in [6.07, 6.45) is -1.37. The maximum atomic E-state index is 13.1. The molecular weight excluding hydrogens is 188 g/mol. The highest BCUT2D eigenvalue weighted by atomic mass is 19.1. The van der Waals surface area contributed by atoms with Crippen LogP contribution in [0.25, 0.3) is 11.0 Å². The number of nitrogens with two attached hydrogens (primary N) is 1. The molecule has 0 fully saturated rings. The Bertz CT molecular complexity index is 452. The molecule has 0 radical (unpaired) electrons. The van der Waals surface area contributed by atoms with E-state index in [1.807, 2.05) is 0 Å². The second-order valence-corrected chi connectivity index (χ2v) is 3.01. The van der Waals surface area contributed by atoms with Gasteiger partial charge in [-0.3, -0.25) is 0 Å². The number of hydrogen-bond acceptors (Lipinski definition) is 2. The number of furan rings is 1. The summed E-state index contributed by atoms with van der Waals surface area (Å²) < 4.78 is 31.2. The third kappa shape index (κ3) is 1.37. The van der Waals surface area contributed by atoms with Crippen molar-refractivity contribution >= 4 is 11.0 Å². The van der Waals surface area contributed by atoms with Gasteiger partial charge in [0.05, 0.1) is 0 Å². The van der Waals surface area contributed by atoms with E-state index in [0.717, 1.165) is 0 Å². The number of rotatable bonds is 2. The zero-order valence-electron chi connectivity index (χ0n) is 7.34. The molecule has 2 rings (SSSR count). The van der Waals surface area contributed by atoms with Gasteiger partial charge in [0, 0.05) is 11.9 Å². The van der Waals surface area contributed by atoms with Crippen molar-refractivity contribution in [2.75, 3.05) is 6.54 Å². The second kappa shape index (κ2) is 3.38. The summed E-state index contributed by atoms with van der Waals surface area (Å²) in [7, 11) is 0. The Morgan fingerprint density at radius 1 is 1.43 bits per heavy atom. The van der Waals surface area contributed by atoms with Gasteiger partial charge in [-0.25, -0.2) is 8.78 Å². The predicted molar refractivity (Wildman–Crippen MR) is 49.1 cm³/mol. The quantitative estimate of drug-likeness (QED) is 0.803. The van der Waals surface area contributed by atoms with Crippen molar-refractivity contribution in [3.05, 3.63) is 35.8 Å². The number of alkyl halides is 1. The zero-order chi connectivity index (χ0) is 10.1. The lowest BCUT2D eigenvalue weighted by molar-refractivity contribution is 0.299.